The smallest absolute Gasteiger partial charge is 0.309 e. The highest BCUT2D eigenvalue weighted by Crippen LogP contribution is 2.43. The highest BCUT2D eigenvalue weighted by molar-refractivity contribution is 5.74. The predicted molar refractivity (Wildman–Crippen MR) is 56.3 cm³/mol. The summed E-state index contributed by atoms with van der Waals surface area (Å²) >= 11 is 0. The standard InChI is InChI=1S/C12H18O3/c1-2-14-5-6-15-12(13)11-8-9-3-4-10(11)7-9/h3-4,9-11H,2,5-8H2,1H3. The van der Waals surface area contributed by atoms with Crippen molar-refractivity contribution in [1.82, 2.24) is 0 Å². The van der Waals surface area contributed by atoms with E-state index in [0.29, 0.717) is 31.7 Å². The Balaban J connectivity index is 1.70. The van der Waals surface area contributed by atoms with Crippen LogP contribution >= 0.6 is 0 Å². The Morgan fingerprint density at radius 1 is 1.33 bits per heavy atom. The Labute approximate surface area is 90.4 Å². The maximum atomic E-state index is 11.7. The first-order valence-corrected chi connectivity index (χ1v) is 5.74. The average Bonchev–Trinajstić information content (AvgIpc) is 2.85. The van der Waals surface area contributed by atoms with Gasteiger partial charge < -0.3 is 9.47 Å². The number of allylic oxidation sites excluding steroid dienone is 2. The lowest BCUT2D eigenvalue weighted by atomic mass is 9.94. The number of hydrogen-bond donors (Lipinski definition) is 0. The summed E-state index contributed by atoms with van der Waals surface area (Å²) in [6.07, 6.45) is 6.52. The number of esters is 1. The molecule has 0 radical (unpaired) electrons. The fraction of sp³-hybridized carbons (Fsp3) is 0.750. The second-order valence-electron chi connectivity index (χ2n) is 4.25. The summed E-state index contributed by atoms with van der Waals surface area (Å²) in [6.45, 7) is 3.51. The normalized spacial score (nSPS) is 32.2. The van der Waals surface area contributed by atoms with E-state index in [1.165, 1.54) is 0 Å². The van der Waals surface area contributed by atoms with Crippen molar-refractivity contribution in [2.24, 2.45) is 17.8 Å². The topological polar surface area (TPSA) is 35.5 Å². The van der Waals surface area contributed by atoms with Gasteiger partial charge in [0.2, 0.25) is 0 Å². The Bertz CT molecular complexity index is 260. The van der Waals surface area contributed by atoms with Crippen LogP contribution in [0.25, 0.3) is 0 Å². The highest BCUT2D eigenvalue weighted by Gasteiger charge is 2.40. The van der Waals surface area contributed by atoms with Gasteiger partial charge >= 0.3 is 5.97 Å². The van der Waals surface area contributed by atoms with Crippen molar-refractivity contribution >= 4 is 5.97 Å². The van der Waals surface area contributed by atoms with E-state index >= 15 is 0 Å². The van der Waals surface area contributed by atoms with Gasteiger partial charge in [-0.05, 0) is 31.6 Å². The Morgan fingerprint density at radius 2 is 2.20 bits per heavy atom. The molecule has 84 valence electrons. The minimum atomic E-state index is -0.0356. The largest absolute Gasteiger partial charge is 0.463 e. The van der Waals surface area contributed by atoms with E-state index in [1.807, 2.05) is 6.92 Å². The van der Waals surface area contributed by atoms with E-state index in [4.69, 9.17) is 9.47 Å². The van der Waals surface area contributed by atoms with E-state index < -0.39 is 0 Å². The molecule has 0 saturated heterocycles. The molecule has 1 saturated carbocycles. The monoisotopic (exact) mass is 210 g/mol. The fourth-order valence-electron chi connectivity index (χ4n) is 2.50. The number of rotatable bonds is 5. The first-order valence-electron chi connectivity index (χ1n) is 5.74. The maximum absolute atomic E-state index is 11.7. The van der Waals surface area contributed by atoms with E-state index in [9.17, 15) is 4.79 Å². The fourth-order valence-corrected chi connectivity index (χ4v) is 2.50. The van der Waals surface area contributed by atoms with Crippen LogP contribution in [0.4, 0.5) is 0 Å². The van der Waals surface area contributed by atoms with Crippen molar-refractivity contribution in [3.05, 3.63) is 12.2 Å². The summed E-state index contributed by atoms with van der Waals surface area (Å²) in [5.41, 5.74) is 0. The van der Waals surface area contributed by atoms with Crippen molar-refractivity contribution in [3.63, 3.8) is 0 Å². The molecule has 3 unspecified atom stereocenters. The zero-order valence-corrected chi connectivity index (χ0v) is 9.15. The molecule has 0 aromatic rings. The summed E-state index contributed by atoms with van der Waals surface area (Å²) < 4.78 is 10.3. The molecule has 0 heterocycles. The van der Waals surface area contributed by atoms with Gasteiger partial charge in [-0.3, -0.25) is 4.79 Å². The molecule has 0 amide bonds. The van der Waals surface area contributed by atoms with E-state index in [0.717, 1.165) is 12.8 Å². The number of ether oxygens (including phenoxy) is 2. The van der Waals surface area contributed by atoms with Gasteiger partial charge in [-0.1, -0.05) is 12.2 Å². The molecular weight excluding hydrogens is 192 g/mol. The molecule has 0 aromatic heterocycles. The Hall–Kier alpha value is -0.830. The lowest BCUT2D eigenvalue weighted by Crippen LogP contribution is -2.23. The third-order valence-electron chi connectivity index (χ3n) is 3.26. The van der Waals surface area contributed by atoms with Gasteiger partial charge in [0.15, 0.2) is 0 Å². The molecule has 2 aliphatic rings. The SMILES string of the molecule is CCOCCOC(=O)C1CC2C=CC1C2. The molecule has 1 fully saturated rings. The van der Waals surface area contributed by atoms with Crippen LogP contribution in [0, 0.1) is 17.8 Å². The van der Waals surface area contributed by atoms with Crippen molar-refractivity contribution < 1.29 is 14.3 Å². The third-order valence-corrected chi connectivity index (χ3v) is 3.26. The van der Waals surface area contributed by atoms with Gasteiger partial charge in [0.1, 0.15) is 6.61 Å². The molecule has 3 atom stereocenters. The Morgan fingerprint density at radius 3 is 2.80 bits per heavy atom. The van der Waals surface area contributed by atoms with Crippen LogP contribution in [0.2, 0.25) is 0 Å². The van der Waals surface area contributed by atoms with Crippen LogP contribution in [-0.4, -0.2) is 25.8 Å². The van der Waals surface area contributed by atoms with Crippen LogP contribution in [0.1, 0.15) is 19.8 Å². The van der Waals surface area contributed by atoms with Crippen LogP contribution < -0.4 is 0 Å². The second-order valence-corrected chi connectivity index (χ2v) is 4.25. The summed E-state index contributed by atoms with van der Waals surface area (Å²) in [4.78, 5) is 11.7. The molecule has 0 aromatic carbocycles. The van der Waals surface area contributed by atoms with Crippen LogP contribution in [-0.2, 0) is 14.3 Å². The lowest BCUT2D eigenvalue weighted by Gasteiger charge is -2.16. The van der Waals surface area contributed by atoms with Gasteiger partial charge in [0, 0.05) is 6.61 Å². The third kappa shape index (κ3) is 2.40. The molecule has 0 spiro atoms. The quantitative estimate of drug-likeness (QED) is 0.394. The summed E-state index contributed by atoms with van der Waals surface area (Å²) in [5, 5.41) is 0. The van der Waals surface area contributed by atoms with Crippen molar-refractivity contribution in [2.75, 3.05) is 19.8 Å². The number of hydrogen-bond acceptors (Lipinski definition) is 3. The van der Waals surface area contributed by atoms with E-state index in [1.54, 1.807) is 0 Å². The average molecular weight is 210 g/mol. The Kier molecular flexibility index (Phi) is 3.41. The molecule has 0 N–H and O–H groups in total. The summed E-state index contributed by atoms with van der Waals surface area (Å²) in [7, 11) is 0. The molecule has 3 nitrogen and oxygen atoms in total. The van der Waals surface area contributed by atoms with Crippen LogP contribution in [0.15, 0.2) is 12.2 Å². The van der Waals surface area contributed by atoms with Crippen molar-refractivity contribution in [3.8, 4) is 0 Å². The predicted octanol–water partition coefficient (Wildman–Crippen LogP) is 1.78. The highest BCUT2D eigenvalue weighted by atomic mass is 16.6. The van der Waals surface area contributed by atoms with Crippen LogP contribution in [0.5, 0.6) is 0 Å². The number of carbonyl (C=O) groups excluding carboxylic acids is 1. The van der Waals surface area contributed by atoms with Crippen molar-refractivity contribution in [2.45, 2.75) is 19.8 Å². The molecule has 2 bridgehead atoms. The molecule has 15 heavy (non-hydrogen) atoms. The minimum absolute atomic E-state index is 0.0356. The molecule has 2 aliphatic carbocycles. The number of fused-ring (bicyclic) bond motifs is 2. The summed E-state index contributed by atoms with van der Waals surface area (Å²) in [5.74, 6) is 1.14. The minimum Gasteiger partial charge on any atom is -0.463 e. The zero-order valence-electron chi connectivity index (χ0n) is 9.15. The van der Waals surface area contributed by atoms with Gasteiger partial charge in [0.25, 0.3) is 0 Å². The lowest BCUT2D eigenvalue weighted by molar-refractivity contribution is -0.150. The molecule has 2 rings (SSSR count). The van der Waals surface area contributed by atoms with Gasteiger partial charge in [-0.25, -0.2) is 0 Å². The molecular formula is C12H18O3. The van der Waals surface area contributed by atoms with Crippen LogP contribution in [0.3, 0.4) is 0 Å². The van der Waals surface area contributed by atoms with Gasteiger partial charge in [0.05, 0.1) is 12.5 Å². The summed E-state index contributed by atoms with van der Waals surface area (Å²) in [6, 6.07) is 0. The van der Waals surface area contributed by atoms with Gasteiger partial charge in [-0.15, -0.1) is 0 Å². The molecule has 3 heteroatoms. The van der Waals surface area contributed by atoms with Crippen molar-refractivity contribution in [1.29, 1.82) is 0 Å². The van der Waals surface area contributed by atoms with Gasteiger partial charge in [-0.2, -0.15) is 0 Å². The first-order chi connectivity index (χ1) is 7.31. The first kappa shape index (κ1) is 10.7. The van der Waals surface area contributed by atoms with E-state index in [-0.39, 0.29) is 11.9 Å². The number of carbonyl (C=O) groups is 1. The molecule has 0 aliphatic heterocycles. The maximum Gasteiger partial charge on any atom is 0.309 e. The zero-order chi connectivity index (χ0) is 10.7. The second kappa shape index (κ2) is 4.79. The van der Waals surface area contributed by atoms with E-state index in [2.05, 4.69) is 12.2 Å².